The Bertz CT molecular complexity index is 887. The second kappa shape index (κ2) is 7.13. The standard InChI is InChI=1S/C19H25N3O5S/c20-28(25,26)16-4-2-1-3-15(16)8-21-10-19(11-21)12-22(13-19)17(23)6-5-14-7-18(24)27-9-14/h1-4,14H,5-13H2,(H2,20,25,26)/t14-/m0/s1. The molecule has 9 heteroatoms. The van der Waals surface area contributed by atoms with Gasteiger partial charge in [0.15, 0.2) is 0 Å². The molecule has 0 aromatic heterocycles. The summed E-state index contributed by atoms with van der Waals surface area (Å²) in [7, 11) is -3.73. The minimum atomic E-state index is -3.73. The summed E-state index contributed by atoms with van der Waals surface area (Å²) in [4.78, 5) is 27.7. The quantitative estimate of drug-likeness (QED) is 0.680. The number of cyclic esters (lactones) is 1. The van der Waals surface area contributed by atoms with Gasteiger partial charge >= 0.3 is 5.97 Å². The van der Waals surface area contributed by atoms with E-state index in [2.05, 4.69) is 4.90 Å². The van der Waals surface area contributed by atoms with E-state index < -0.39 is 10.0 Å². The smallest absolute Gasteiger partial charge is 0.306 e. The fourth-order valence-electron chi connectivity index (χ4n) is 4.54. The Labute approximate surface area is 164 Å². The fourth-order valence-corrected chi connectivity index (χ4v) is 5.31. The molecule has 0 aliphatic carbocycles. The molecule has 3 saturated heterocycles. The second-order valence-electron chi connectivity index (χ2n) is 8.34. The molecule has 0 saturated carbocycles. The van der Waals surface area contributed by atoms with Crippen LogP contribution in [0.25, 0.3) is 0 Å². The predicted molar refractivity (Wildman–Crippen MR) is 100 cm³/mol. The van der Waals surface area contributed by atoms with Gasteiger partial charge in [0.2, 0.25) is 15.9 Å². The van der Waals surface area contributed by atoms with E-state index in [1.54, 1.807) is 12.1 Å². The number of likely N-dealkylation sites (tertiary alicyclic amines) is 2. The van der Waals surface area contributed by atoms with Crippen LogP contribution in [0.3, 0.4) is 0 Å². The first-order chi connectivity index (χ1) is 13.2. The highest BCUT2D eigenvalue weighted by Crippen LogP contribution is 2.41. The average molecular weight is 407 g/mol. The molecule has 1 amide bonds. The number of primary sulfonamides is 1. The third-order valence-electron chi connectivity index (χ3n) is 5.90. The van der Waals surface area contributed by atoms with Crippen LogP contribution in [0, 0.1) is 11.3 Å². The number of hydrogen-bond donors (Lipinski definition) is 1. The first-order valence-corrected chi connectivity index (χ1v) is 11.1. The van der Waals surface area contributed by atoms with Gasteiger partial charge < -0.3 is 9.64 Å². The van der Waals surface area contributed by atoms with Crippen LogP contribution >= 0.6 is 0 Å². The number of carbonyl (C=O) groups excluding carboxylic acids is 2. The van der Waals surface area contributed by atoms with Crippen molar-refractivity contribution in [2.24, 2.45) is 16.5 Å². The molecule has 3 aliphatic heterocycles. The zero-order valence-corrected chi connectivity index (χ0v) is 16.5. The number of carbonyl (C=O) groups is 2. The largest absolute Gasteiger partial charge is 0.465 e. The molecule has 28 heavy (non-hydrogen) atoms. The summed E-state index contributed by atoms with van der Waals surface area (Å²) in [6, 6.07) is 6.81. The molecule has 1 aromatic carbocycles. The molecule has 1 atom stereocenters. The van der Waals surface area contributed by atoms with E-state index in [9.17, 15) is 18.0 Å². The van der Waals surface area contributed by atoms with Crippen LogP contribution in [0.2, 0.25) is 0 Å². The van der Waals surface area contributed by atoms with E-state index in [4.69, 9.17) is 9.88 Å². The van der Waals surface area contributed by atoms with Crippen LogP contribution in [0.5, 0.6) is 0 Å². The molecular formula is C19H25N3O5S. The summed E-state index contributed by atoms with van der Waals surface area (Å²) in [6.45, 7) is 4.17. The molecule has 3 heterocycles. The van der Waals surface area contributed by atoms with Crippen LogP contribution < -0.4 is 5.14 Å². The van der Waals surface area contributed by atoms with E-state index in [0.717, 1.165) is 26.2 Å². The Morgan fingerprint density at radius 1 is 1.21 bits per heavy atom. The lowest BCUT2D eigenvalue weighted by molar-refractivity contribution is -0.160. The Balaban J connectivity index is 1.23. The molecule has 0 radical (unpaired) electrons. The Morgan fingerprint density at radius 3 is 2.57 bits per heavy atom. The first-order valence-electron chi connectivity index (χ1n) is 9.51. The Hall–Kier alpha value is -1.97. The number of rotatable bonds is 6. The van der Waals surface area contributed by atoms with Crippen molar-refractivity contribution in [2.75, 3.05) is 32.8 Å². The molecule has 4 rings (SSSR count). The maximum absolute atomic E-state index is 12.3. The molecule has 2 N–H and O–H groups in total. The van der Waals surface area contributed by atoms with Gasteiger partial charge in [0.1, 0.15) is 0 Å². The van der Waals surface area contributed by atoms with Crippen LogP contribution in [0.4, 0.5) is 0 Å². The van der Waals surface area contributed by atoms with Crippen molar-refractivity contribution in [3.05, 3.63) is 29.8 Å². The highest BCUT2D eigenvalue weighted by molar-refractivity contribution is 7.89. The van der Waals surface area contributed by atoms with Gasteiger partial charge in [-0.1, -0.05) is 18.2 Å². The van der Waals surface area contributed by atoms with E-state index in [0.29, 0.717) is 38.0 Å². The van der Waals surface area contributed by atoms with Gasteiger partial charge in [-0.3, -0.25) is 14.5 Å². The number of amides is 1. The van der Waals surface area contributed by atoms with E-state index >= 15 is 0 Å². The normalized spacial score (nSPS) is 24.0. The van der Waals surface area contributed by atoms with Gasteiger partial charge in [-0.05, 0) is 18.1 Å². The van der Waals surface area contributed by atoms with Gasteiger partial charge in [0.25, 0.3) is 0 Å². The van der Waals surface area contributed by atoms with Gasteiger partial charge in [0.05, 0.1) is 17.9 Å². The van der Waals surface area contributed by atoms with Crippen molar-refractivity contribution in [3.8, 4) is 0 Å². The number of esters is 1. The Kier molecular flexibility index (Phi) is 4.93. The molecule has 0 bridgehead atoms. The monoisotopic (exact) mass is 407 g/mol. The summed E-state index contributed by atoms with van der Waals surface area (Å²) in [5, 5.41) is 5.30. The van der Waals surface area contributed by atoms with Crippen molar-refractivity contribution in [3.63, 3.8) is 0 Å². The SMILES string of the molecule is NS(=O)(=O)c1ccccc1CN1CC2(C1)CN(C(=O)CC[C@@H]1COC(=O)C1)C2. The second-order valence-corrected chi connectivity index (χ2v) is 9.87. The lowest BCUT2D eigenvalue weighted by atomic mass is 9.72. The van der Waals surface area contributed by atoms with Gasteiger partial charge in [-0.15, -0.1) is 0 Å². The number of hydrogen-bond acceptors (Lipinski definition) is 6. The summed E-state index contributed by atoms with van der Waals surface area (Å²) in [5.41, 5.74) is 0.846. The number of sulfonamides is 1. The summed E-state index contributed by atoms with van der Waals surface area (Å²) < 4.78 is 28.4. The van der Waals surface area contributed by atoms with Gasteiger partial charge in [-0.2, -0.15) is 0 Å². The zero-order chi connectivity index (χ0) is 19.9. The van der Waals surface area contributed by atoms with Crippen molar-refractivity contribution < 1.29 is 22.7 Å². The van der Waals surface area contributed by atoms with Gasteiger partial charge in [0, 0.05) is 50.5 Å². The van der Waals surface area contributed by atoms with Crippen LogP contribution in [0.15, 0.2) is 29.2 Å². The van der Waals surface area contributed by atoms with Crippen molar-refractivity contribution in [2.45, 2.75) is 30.7 Å². The van der Waals surface area contributed by atoms with E-state index in [-0.39, 0.29) is 28.1 Å². The van der Waals surface area contributed by atoms with Crippen LogP contribution in [-0.4, -0.2) is 62.9 Å². The van der Waals surface area contributed by atoms with Crippen LogP contribution in [0.1, 0.15) is 24.8 Å². The van der Waals surface area contributed by atoms with Gasteiger partial charge in [-0.25, -0.2) is 13.6 Å². The summed E-state index contributed by atoms with van der Waals surface area (Å²) in [5.74, 6) is 0.145. The van der Waals surface area contributed by atoms with Crippen molar-refractivity contribution >= 4 is 21.9 Å². The lowest BCUT2D eigenvalue weighted by Crippen LogP contribution is -2.72. The number of nitrogens with zero attached hydrogens (tertiary/aromatic N) is 2. The topological polar surface area (TPSA) is 110 Å². The molecule has 152 valence electrons. The Morgan fingerprint density at radius 2 is 1.93 bits per heavy atom. The summed E-state index contributed by atoms with van der Waals surface area (Å²) in [6.07, 6.45) is 1.58. The third-order valence-corrected chi connectivity index (χ3v) is 6.91. The first kappa shape index (κ1) is 19.4. The zero-order valence-electron chi connectivity index (χ0n) is 15.7. The number of nitrogens with two attached hydrogens (primary N) is 1. The molecule has 3 fully saturated rings. The fraction of sp³-hybridized carbons (Fsp3) is 0.579. The molecular weight excluding hydrogens is 382 g/mol. The third kappa shape index (κ3) is 3.92. The van der Waals surface area contributed by atoms with E-state index in [1.807, 2.05) is 11.0 Å². The van der Waals surface area contributed by atoms with Crippen molar-refractivity contribution in [1.29, 1.82) is 0 Å². The molecule has 1 spiro atoms. The highest BCUT2D eigenvalue weighted by atomic mass is 32.2. The van der Waals surface area contributed by atoms with E-state index in [1.165, 1.54) is 6.07 Å². The summed E-state index contributed by atoms with van der Waals surface area (Å²) >= 11 is 0. The maximum Gasteiger partial charge on any atom is 0.306 e. The minimum Gasteiger partial charge on any atom is -0.465 e. The lowest BCUT2D eigenvalue weighted by Gasteiger charge is -2.60. The average Bonchev–Trinajstić information content (AvgIpc) is 2.98. The predicted octanol–water partition coefficient (Wildman–Crippen LogP) is 0.322. The molecule has 8 nitrogen and oxygen atoms in total. The number of ether oxygens (including phenoxy) is 1. The molecule has 3 aliphatic rings. The maximum atomic E-state index is 12.3. The van der Waals surface area contributed by atoms with Crippen molar-refractivity contribution in [1.82, 2.24) is 9.80 Å². The minimum absolute atomic E-state index is 0.138. The van der Waals surface area contributed by atoms with Crippen LogP contribution in [-0.2, 0) is 30.9 Å². The highest BCUT2D eigenvalue weighted by Gasteiger charge is 2.52. The molecule has 0 unspecified atom stereocenters. The number of benzene rings is 1. The molecule has 1 aromatic rings.